The Morgan fingerprint density at radius 3 is 1.70 bits per heavy atom. The third-order valence-electron chi connectivity index (χ3n) is 3.60. The van der Waals surface area contributed by atoms with E-state index in [-0.39, 0.29) is 0 Å². The van der Waals surface area contributed by atoms with Crippen molar-refractivity contribution in [1.82, 2.24) is 0 Å². The molecule has 0 aliphatic carbocycles. The van der Waals surface area contributed by atoms with Gasteiger partial charge in [-0.1, -0.05) is 60.7 Å². The number of hydrogen-bond donors (Lipinski definition) is 0. The van der Waals surface area contributed by atoms with Gasteiger partial charge in [-0.25, -0.2) is 0 Å². The van der Waals surface area contributed by atoms with E-state index in [0.717, 1.165) is 0 Å². The second-order valence-electron chi connectivity index (χ2n) is 4.85. The van der Waals surface area contributed by atoms with Crippen molar-refractivity contribution in [2.75, 3.05) is 18.3 Å². The zero-order chi connectivity index (χ0) is 14.2. The molecule has 2 aromatic rings. The first-order valence-electron chi connectivity index (χ1n) is 6.98. The summed E-state index contributed by atoms with van der Waals surface area (Å²) in [7, 11) is 0. The van der Waals surface area contributed by atoms with E-state index >= 15 is 0 Å². The molecule has 0 bridgehead atoms. The number of hydrogen-bond acceptors (Lipinski definition) is 2. The molecule has 0 aliphatic heterocycles. The summed E-state index contributed by atoms with van der Waals surface area (Å²) in [6, 6.07) is 21.9. The third-order valence-corrected chi connectivity index (χ3v) is 5.36. The Balaban J connectivity index is 2.33. The lowest BCUT2D eigenvalue weighted by atomic mass is 9.87. The molecule has 2 aromatic carbocycles. The Labute approximate surface area is 131 Å². The molecule has 0 saturated carbocycles. The highest BCUT2D eigenvalue weighted by molar-refractivity contribution is 7.99. The fraction of sp³-hybridized carbons (Fsp3) is 0.333. The molecule has 0 aromatic heterocycles. The van der Waals surface area contributed by atoms with Crippen LogP contribution in [-0.2, 0) is 0 Å². The van der Waals surface area contributed by atoms with Crippen LogP contribution in [0.2, 0.25) is 0 Å². The van der Waals surface area contributed by atoms with Crippen molar-refractivity contribution in [3.05, 3.63) is 71.8 Å². The van der Waals surface area contributed by atoms with Crippen LogP contribution in [0, 0.1) is 0 Å². The van der Waals surface area contributed by atoms with Crippen LogP contribution >= 0.6 is 23.5 Å². The van der Waals surface area contributed by atoms with Gasteiger partial charge in [-0.05, 0) is 35.8 Å². The maximum absolute atomic E-state index is 2.26. The first kappa shape index (κ1) is 15.5. The Hall–Kier alpha value is -0.860. The smallest absolute Gasteiger partial charge is 0.0208 e. The van der Waals surface area contributed by atoms with E-state index in [0.29, 0.717) is 11.2 Å². The van der Waals surface area contributed by atoms with Gasteiger partial charge in [0.25, 0.3) is 0 Å². The first-order chi connectivity index (χ1) is 9.86. The van der Waals surface area contributed by atoms with Crippen LogP contribution in [0.3, 0.4) is 0 Å². The average molecular weight is 303 g/mol. The Bertz CT molecular complexity index is 442. The van der Waals surface area contributed by atoms with Gasteiger partial charge in [0.05, 0.1) is 0 Å². The molecule has 20 heavy (non-hydrogen) atoms. The molecule has 1 unspecified atom stereocenters. The lowest BCUT2D eigenvalue weighted by molar-refractivity contribution is 0.724. The van der Waals surface area contributed by atoms with Gasteiger partial charge < -0.3 is 0 Å². The van der Waals surface area contributed by atoms with E-state index in [9.17, 15) is 0 Å². The monoisotopic (exact) mass is 302 g/mol. The van der Waals surface area contributed by atoms with Gasteiger partial charge in [0, 0.05) is 11.2 Å². The molecule has 0 radical (unpaired) electrons. The zero-order valence-corrected chi connectivity index (χ0v) is 13.8. The molecule has 0 N–H and O–H groups in total. The summed E-state index contributed by atoms with van der Waals surface area (Å²) in [6.07, 6.45) is 5.68. The molecule has 0 amide bonds. The standard InChI is InChI=1S/C18H22S2/c1-19-14-13-17(20-2)18(15-9-5-3-6-10-15)16-11-7-4-8-12-16/h3-12,17-18H,13-14H2,1-2H3. The van der Waals surface area contributed by atoms with Crippen molar-refractivity contribution in [2.45, 2.75) is 17.6 Å². The molecule has 0 aliphatic rings. The molecular weight excluding hydrogens is 280 g/mol. The predicted octanol–water partition coefficient (Wildman–Crippen LogP) is 5.30. The highest BCUT2D eigenvalue weighted by Gasteiger charge is 2.23. The summed E-state index contributed by atoms with van der Waals surface area (Å²) in [5, 5.41) is 0.632. The van der Waals surface area contributed by atoms with Crippen LogP contribution < -0.4 is 0 Å². The fourth-order valence-electron chi connectivity index (χ4n) is 2.60. The average Bonchev–Trinajstić information content (AvgIpc) is 2.53. The lowest BCUT2D eigenvalue weighted by Crippen LogP contribution is -2.17. The molecule has 2 heteroatoms. The van der Waals surface area contributed by atoms with Crippen LogP contribution in [0.1, 0.15) is 23.5 Å². The molecule has 106 valence electrons. The fourth-order valence-corrected chi connectivity index (χ4v) is 4.18. The van der Waals surface area contributed by atoms with Crippen molar-refractivity contribution in [3.63, 3.8) is 0 Å². The largest absolute Gasteiger partial charge is 0.165 e. The maximum Gasteiger partial charge on any atom is 0.0208 e. The van der Waals surface area contributed by atoms with Gasteiger partial charge in [-0.3, -0.25) is 0 Å². The van der Waals surface area contributed by atoms with E-state index in [1.165, 1.54) is 23.3 Å². The molecule has 1 atom stereocenters. The maximum atomic E-state index is 2.26. The first-order valence-corrected chi connectivity index (χ1v) is 9.66. The summed E-state index contributed by atoms with van der Waals surface area (Å²) in [4.78, 5) is 0. The van der Waals surface area contributed by atoms with Gasteiger partial charge in [0.2, 0.25) is 0 Å². The Kier molecular flexibility index (Phi) is 6.55. The van der Waals surface area contributed by atoms with Gasteiger partial charge in [0.15, 0.2) is 0 Å². The van der Waals surface area contributed by atoms with E-state index in [1.807, 2.05) is 23.5 Å². The van der Waals surface area contributed by atoms with E-state index in [4.69, 9.17) is 0 Å². The van der Waals surface area contributed by atoms with Crippen LogP contribution in [0.5, 0.6) is 0 Å². The van der Waals surface area contributed by atoms with Crippen molar-refractivity contribution < 1.29 is 0 Å². The number of benzene rings is 2. The van der Waals surface area contributed by atoms with E-state index in [1.54, 1.807) is 0 Å². The highest BCUT2D eigenvalue weighted by atomic mass is 32.2. The van der Waals surface area contributed by atoms with Gasteiger partial charge in [-0.2, -0.15) is 23.5 Å². The van der Waals surface area contributed by atoms with E-state index < -0.39 is 0 Å². The normalized spacial score (nSPS) is 12.6. The van der Waals surface area contributed by atoms with Gasteiger partial charge >= 0.3 is 0 Å². The molecule has 2 rings (SSSR count). The van der Waals surface area contributed by atoms with Crippen molar-refractivity contribution in [3.8, 4) is 0 Å². The molecular formula is C18H22S2. The summed E-state index contributed by atoms with van der Waals surface area (Å²) in [6.45, 7) is 0. The predicted molar refractivity (Wildman–Crippen MR) is 95.0 cm³/mol. The van der Waals surface area contributed by atoms with Crippen LogP contribution in [0.25, 0.3) is 0 Å². The van der Waals surface area contributed by atoms with Crippen LogP contribution in [0.4, 0.5) is 0 Å². The topological polar surface area (TPSA) is 0 Å². The summed E-state index contributed by atoms with van der Waals surface area (Å²) in [5.41, 5.74) is 2.86. The minimum Gasteiger partial charge on any atom is -0.165 e. The molecule has 0 spiro atoms. The molecule has 0 nitrogen and oxygen atoms in total. The van der Waals surface area contributed by atoms with Gasteiger partial charge in [0.1, 0.15) is 0 Å². The zero-order valence-electron chi connectivity index (χ0n) is 12.2. The Morgan fingerprint density at radius 1 is 0.800 bits per heavy atom. The summed E-state index contributed by atoms with van der Waals surface area (Å²) >= 11 is 3.93. The second-order valence-corrected chi connectivity index (χ2v) is 6.92. The van der Waals surface area contributed by atoms with Crippen molar-refractivity contribution in [2.24, 2.45) is 0 Å². The highest BCUT2D eigenvalue weighted by Crippen LogP contribution is 2.36. The quantitative estimate of drug-likeness (QED) is 0.680. The second kappa shape index (κ2) is 8.43. The summed E-state index contributed by atoms with van der Waals surface area (Å²) < 4.78 is 0. The van der Waals surface area contributed by atoms with Gasteiger partial charge in [-0.15, -0.1) is 0 Å². The number of rotatable bonds is 7. The number of thioether (sulfide) groups is 2. The molecule has 0 heterocycles. The minimum absolute atomic E-state index is 0.486. The van der Waals surface area contributed by atoms with Crippen LogP contribution in [0.15, 0.2) is 60.7 Å². The SMILES string of the molecule is CSCCC(SC)C(c1ccccc1)c1ccccc1. The van der Waals surface area contributed by atoms with Crippen molar-refractivity contribution >= 4 is 23.5 Å². The molecule has 0 fully saturated rings. The van der Waals surface area contributed by atoms with Crippen LogP contribution in [-0.4, -0.2) is 23.5 Å². The Morgan fingerprint density at radius 2 is 1.30 bits per heavy atom. The van der Waals surface area contributed by atoms with Crippen molar-refractivity contribution in [1.29, 1.82) is 0 Å². The van der Waals surface area contributed by atoms with E-state index in [2.05, 4.69) is 73.2 Å². The third kappa shape index (κ3) is 4.07. The summed E-state index contributed by atoms with van der Waals surface area (Å²) in [5.74, 6) is 1.71. The minimum atomic E-state index is 0.486. The molecule has 0 saturated heterocycles. The lowest BCUT2D eigenvalue weighted by Gasteiger charge is -2.26.